The van der Waals surface area contributed by atoms with Crippen LogP contribution in [0.25, 0.3) is 54.2 Å². The summed E-state index contributed by atoms with van der Waals surface area (Å²) in [6.07, 6.45) is 0. The lowest BCUT2D eigenvalue weighted by molar-refractivity contribution is 0.0964. The summed E-state index contributed by atoms with van der Waals surface area (Å²) < 4.78 is 36.0. The van der Waals surface area contributed by atoms with E-state index in [4.69, 9.17) is 9.40 Å². The van der Waals surface area contributed by atoms with E-state index in [0.29, 0.717) is 38.4 Å². The third kappa shape index (κ3) is 4.40. The number of rotatable bonds is 5. The second kappa shape index (κ2) is 9.88. The Kier molecular flexibility index (Phi) is 6.35. The Labute approximate surface area is 233 Å². The van der Waals surface area contributed by atoms with Crippen molar-refractivity contribution in [3.05, 3.63) is 95.6 Å². The number of aromatic nitrogens is 1. The Morgan fingerprint density at radius 1 is 0.925 bits per heavy atom. The van der Waals surface area contributed by atoms with Crippen LogP contribution in [0.1, 0.15) is 15.9 Å². The van der Waals surface area contributed by atoms with Crippen molar-refractivity contribution in [1.82, 2.24) is 10.3 Å². The van der Waals surface area contributed by atoms with Crippen molar-refractivity contribution in [2.75, 3.05) is 26.0 Å². The molecule has 0 aliphatic rings. The number of anilines is 1. The highest BCUT2D eigenvalue weighted by Gasteiger charge is 2.24. The summed E-state index contributed by atoms with van der Waals surface area (Å²) in [5.41, 5.74) is 6.19. The molecule has 8 heteroatoms. The van der Waals surface area contributed by atoms with Gasteiger partial charge in [-0.3, -0.25) is 4.79 Å². The molecule has 1 N–H and O–H groups in total. The molecule has 0 saturated heterocycles. The highest BCUT2D eigenvalue weighted by molar-refractivity contribution is 7.21. The molecule has 1 amide bonds. The van der Waals surface area contributed by atoms with Gasteiger partial charge in [0.2, 0.25) is 0 Å². The number of hydrogen-bond acceptors (Lipinski definition) is 5. The number of aryl methyl sites for hydroxylation is 1. The fraction of sp³-hybridized carbons (Fsp3) is 0.125. The quantitative estimate of drug-likeness (QED) is 0.235. The van der Waals surface area contributed by atoms with E-state index in [1.54, 1.807) is 31.3 Å². The standard InChI is InChI=1S/C32H25F2N3O2S/c1-17-5-12-25-28(13-17)40-32(36-25)22-14-19(8-11-24(22)34)21-15-23-27(16-26(21)37(3)4)39-30(29(23)31(38)35-2)18-6-9-20(33)10-7-18/h5-16H,1-4H3,(H,35,38). The molecular formula is C32H25F2N3O2S. The van der Waals surface area contributed by atoms with E-state index in [1.807, 2.05) is 56.3 Å². The minimum atomic E-state index is -0.381. The number of halogens is 2. The molecular weight excluding hydrogens is 528 g/mol. The molecule has 40 heavy (non-hydrogen) atoms. The van der Waals surface area contributed by atoms with Gasteiger partial charge in [0.25, 0.3) is 5.91 Å². The minimum Gasteiger partial charge on any atom is -0.455 e. The van der Waals surface area contributed by atoms with Crippen LogP contribution >= 0.6 is 11.3 Å². The van der Waals surface area contributed by atoms with Gasteiger partial charge in [-0.15, -0.1) is 11.3 Å². The zero-order valence-electron chi connectivity index (χ0n) is 22.3. The molecule has 5 nitrogen and oxygen atoms in total. The fourth-order valence-electron chi connectivity index (χ4n) is 4.89. The first-order valence-corrected chi connectivity index (χ1v) is 13.5. The van der Waals surface area contributed by atoms with Crippen molar-refractivity contribution in [2.45, 2.75) is 6.92 Å². The van der Waals surface area contributed by atoms with Crippen LogP contribution in [0.4, 0.5) is 14.5 Å². The summed E-state index contributed by atoms with van der Waals surface area (Å²) in [5.74, 6) is -0.721. The second-order valence-corrected chi connectivity index (χ2v) is 10.9. The first-order valence-electron chi connectivity index (χ1n) is 12.7. The Morgan fingerprint density at radius 2 is 1.68 bits per heavy atom. The number of hydrogen-bond donors (Lipinski definition) is 1. The number of furan rings is 1. The van der Waals surface area contributed by atoms with E-state index in [-0.39, 0.29) is 17.5 Å². The van der Waals surface area contributed by atoms with Crippen molar-refractivity contribution in [3.63, 3.8) is 0 Å². The van der Waals surface area contributed by atoms with Crippen LogP contribution in [-0.4, -0.2) is 32.0 Å². The summed E-state index contributed by atoms with van der Waals surface area (Å²) in [5, 5.41) is 3.89. The zero-order valence-corrected chi connectivity index (χ0v) is 23.1. The first-order chi connectivity index (χ1) is 19.2. The van der Waals surface area contributed by atoms with Crippen molar-refractivity contribution < 1.29 is 18.0 Å². The Bertz CT molecular complexity index is 1920. The lowest BCUT2D eigenvalue weighted by Crippen LogP contribution is -2.18. The maximum absolute atomic E-state index is 15.2. The molecule has 0 atom stereocenters. The molecule has 0 aliphatic carbocycles. The van der Waals surface area contributed by atoms with E-state index in [0.717, 1.165) is 32.6 Å². The lowest BCUT2D eigenvalue weighted by Gasteiger charge is -2.18. The topological polar surface area (TPSA) is 58.4 Å². The molecule has 200 valence electrons. The van der Waals surface area contributed by atoms with E-state index in [1.165, 1.54) is 29.5 Å². The molecule has 6 aromatic rings. The monoisotopic (exact) mass is 553 g/mol. The van der Waals surface area contributed by atoms with Crippen molar-refractivity contribution in [1.29, 1.82) is 0 Å². The van der Waals surface area contributed by atoms with E-state index < -0.39 is 0 Å². The van der Waals surface area contributed by atoms with Gasteiger partial charge in [-0.25, -0.2) is 13.8 Å². The van der Waals surface area contributed by atoms with Gasteiger partial charge in [0, 0.05) is 55.0 Å². The smallest absolute Gasteiger partial charge is 0.255 e. The number of nitrogens with one attached hydrogen (secondary N) is 1. The SMILES string of the molecule is CNC(=O)c1c(-c2ccc(F)cc2)oc2cc(N(C)C)c(-c3ccc(F)c(-c4nc5ccc(C)cc5s4)c3)cc12. The fourth-order valence-corrected chi connectivity index (χ4v) is 5.97. The molecule has 0 spiro atoms. The summed E-state index contributed by atoms with van der Waals surface area (Å²) in [6, 6.07) is 20.6. The third-order valence-corrected chi connectivity index (χ3v) is 7.95. The van der Waals surface area contributed by atoms with Crippen molar-refractivity contribution >= 4 is 44.1 Å². The molecule has 2 heterocycles. The molecule has 0 saturated carbocycles. The minimum absolute atomic E-state index is 0.328. The average molecular weight is 554 g/mol. The molecule has 0 radical (unpaired) electrons. The number of fused-ring (bicyclic) bond motifs is 2. The average Bonchev–Trinajstić information content (AvgIpc) is 3.53. The highest BCUT2D eigenvalue weighted by Crippen LogP contribution is 2.42. The molecule has 2 aromatic heterocycles. The largest absolute Gasteiger partial charge is 0.455 e. The van der Waals surface area contributed by atoms with Crippen LogP contribution in [-0.2, 0) is 0 Å². The van der Waals surface area contributed by atoms with Crippen LogP contribution in [0.15, 0.2) is 77.2 Å². The van der Waals surface area contributed by atoms with Gasteiger partial charge in [0.15, 0.2) is 0 Å². The first kappa shape index (κ1) is 25.7. The maximum Gasteiger partial charge on any atom is 0.255 e. The number of thiazole rings is 1. The molecule has 4 aromatic carbocycles. The second-order valence-electron chi connectivity index (χ2n) is 9.84. The predicted molar refractivity (Wildman–Crippen MR) is 158 cm³/mol. The van der Waals surface area contributed by atoms with Gasteiger partial charge < -0.3 is 14.6 Å². The highest BCUT2D eigenvalue weighted by atomic mass is 32.1. The summed E-state index contributed by atoms with van der Waals surface area (Å²) in [4.78, 5) is 19.7. The van der Waals surface area contributed by atoms with E-state index >= 15 is 4.39 Å². The van der Waals surface area contributed by atoms with Gasteiger partial charge in [-0.1, -0.05) is 12.1 Å². The van der Waals surface area contributed by atoms with Crippen LogP contribution in [0.5, 0.6) is 0 Å². The predicted octanol–water partition coefficient (Wildman–Crippen LogP) is 8.06. The molecule has 6 rings (SSSR count). The third-order valence-electron chi connectivity index (χ3n) is 6.90. The summed E-state index contributed by atoms with van der Waals surface area (Å²) in [6.45, 7) is 2.02. The van der Waals surface area contributed by atoms with Crippen molar-refractivity contribution in [2.24, 2.45) is 0 Å². The molecule has 0 fully saturated rings. The van der Waals surface area contributed by atoms with Crippen LogP contribution < -0.4 is 10.2 Å². The molecule has 0 aliphatic heterocycles. The number of nitrogens with zero attached hydrogens (tertiary/aromatic N) is 2. The van der Waals surface area contributed by atoms with E-state index in [9.17, 15) is 9.18 Å². The number of amides is 1. The Morgan fingerprint density at radius 3 is 2.40 bits per heavy atom. The van der Waals surface area contributed by atoms with Gasteiger partial charge in [-0.05, 0) is 72.6 Å². The summed E-state index contributed by atoms with van der Waals surface area (Å²) in [7, 11) is 5.37. The number of carbonyl (C=O) groups is 1. The van der Waals surface area contributed by atoms with Gasteiger partial charge >= 0.3 is 0 Å². The van der Waals surface area contributed by atoms with Crippen LogP contribution in [0, 0.1) is 18.6 Å². The summed E-state index contributed by atoms with van der Waals surface area (Å²) >= 11 is 1.45. The Hall–Kier alpha value is -4.56. The van der Waals surface area contributed by atoms with E-state index in [2.05, 4.69) is 5.32 Å². The molecule has 0 bridgehead atoms. The van der Waals surface area contributed by atoms with Crippen molar-refractivity contribution in [3.8, 4) is 33.0 Å². The lowest BCUT2D eigenvalue weighted by atomic mass is 9.97. The van der Waals surface area contributed by atoms with Crippen LogP contribution in [0.2, 0.25) is 0 Å². The number of carbonyl (C=O) groups excluding carboxylic acids is 1. The Balaban J connectivity index is 1.57. The molecule has 0 unspecified atom stereocenters. The van der Waals surface area contributed by atoms with Crippen LogP contribution in [0.3, 0.4) is 0 Å². The zero-order chi connectivity index (χ0) is 28.1. The number of benzene rings is 4. The normalized spacial score (nSPS) is 11.3. The van der Waals surface area contributed by atoms with Gasteiger partial charge in [-0.2, -0.15) is 0 Å². The van der Waals surface area contributed by atoms with Gasteiger partial charge in [0.1, 0.15) is 28.0 Å². The maximum atomic E-state index is 15.2. The van der Waals surface area contributed by atoms with Gasteiger partial charge in [0.05, 0.1) is 15.8 Å².